The molecule has 1 aromatic heterocycles. The second-order valence-corrected chi connectivity index (χ2v) is 11.1. The van der Waals surface area contributed by atoms with Gasteiger partial charge in [-0.3, -0.25) is 9.59 Å². The number of thiazole rings is 1. The third-order valence-electron chi connectivity index (χ3n) is 6.96. The first-order chi connectivity index (χ1) is 17.9. The molecule has 3 heterocycles. The minimum atomic E-state index is -0.303. The fourth-order valence-electron chi connectivity index (χ4n) is 5.13. The molecule has 1 saturated heterocycles. The van der Waals surface area contributed by atoms with Crippen LogP contribution < -0.4 is 4.74 Å². The van der Waals surface area contributed by atoms with Gasteiger partial charge < -0.3 is 14.5 Å². The minimum Gasteiger partial charge on any atom is -0.486 e. The van der Waals surface area contributed by atoms with Gasteiger partial charge in [-0.05, 0) is 66.1 Å². The van der Waals surface area contributed by atoms with E-state index < -0.39 is 0 Å². The van der Waals surface area contributed by atoms with E-state index in [2.05, 4.69) is 11.1 Å². The largest absolute Gasteiger partial charge is 0.486 e. The van der Waals surface area contributed by atoms with Gasteiger partial charge in [0.1, 0.15) is 28.9 Å². The number of hydrogen-bond donors (Lipinski definition) is 0. The summed E-state index contributed by atoms with van der Waals surface area (Å²) in [4.78, 5) is 34.1. The smallest absolute Gasteiger partial charge is 0.273 e. The number of halogens is 1. The van der Waals surface area contributed by atoms with Gasteiger partial charge in [0, 0.05) is 31.4 Å². The van der Waals surface area contributed by atoms with Crippen molar-refractivity contribution in [1.29, 1.82) is 0 Å². The Morgan fingerprint density at radius 3 is 2.59 bits per heavy atom. The van der Waals surface area contributed by atoms with E-state index in [0.717, 1.165) is 54.0 Å². The van der Waals surface area contributed by atoms with Gasteiger partial charge in [0.25, 0.3) is 5.91 Å². The monoisotopic (exact) mass is 521 g/mol. The fourth-order valence-corrected chi connectivity index (χ4v) is 5.80. The molecule has 0 bridgehead atoms. The van der Waals surface area contributed by atoms with E-state index in [0.29, 0.717) is 24.4 Å². The van der Waals surface area contributed by atoms with E-state index in [1.807, 2.05) is 35.8 Å². The van der Waals surface area contributed by atoms with Crippen molar-refractivity contribution in [2.24, 2.45) is 5.92 Å². The summed E-state index contributed by atoms with van der Waals surface area (Å²) in [6.45, 7) is 6.54. The van der Waals surface area contributed by atoms with Crippen molar-refractivity contribution in [1.82, 2.24) is 14.8 Å². The molecule has 5 rings (SSSR count). The standard InChI is InChI=1S/C29H32FN3O3S/c1-19(2)15-27(34)33-14-11-20-7-10-23(16-24(20)28(33)21-5-8-22(30)9-6-21)36-17-26-31-25(18-37-26)29(35)32-12-3-4-13-32/h5-10,16,18-19,28H,3-4,11-15,17H2,1-2H3. The highest BCUT2D eigenvalue weighted by Crippen LogP contribution is 2.38. The Kier molecular flexibility index (Phi) is 7.55. The number of fused-ring (bicyclic) bond motifs is 1. The van der Waals surface area contributed by atoms with E-state index in [4.69, 9.17) is 4.74 Å². The number of carbonyl (C=O) groups is 2. The number of carbonyl (C=O) groups excluding carboxylic acids is 2. The van der Waals surface area contributed by atoms with Crippen LogP contribution in [0.5, 0.6) is 5.75 Å². The number of amides is 2. The Morgan fingerprint density at radius 2 is 1.86 bits per heavy atom. The molecule has 0 N–H and O–H groups in total. The number of aromatic nitrogens is 1. The van der Waals surface area contributed by atoms with Gasteiger partial charge in [-0.2, -0.15) is 0 Å². The highest BCUT2D eigenvalue weighted by atomic mass is 32.1. The molecule has 2 amide bonds. The zero-order valence-electron chi connectivity index (χ0n) is 21.3. The molecule has 0 aliphatic carbocycles. The molecular weight excluding hydrogens is 489 g/mol. The Balaban J connectivity index is 1.37. The third-order valence-corrected chi connectivity index (χ3v) is 7.78. The van der Waals surface area contributed by atoms with Crippen molar-refractivity contribution >= 4 is 23.2 Å². The number of rotatable bonds is 7. The maximum atomic E-state index is 13.7. The number of benzene rings is 2. The van der Waals surface area contributed by atoms with E-state index in [9.17, 15) is 14.0 Å². The number of nitrogens with zero attached hydrogens (tertiary/aromatic N) is 3. The number of likely N-dealkylation sites (tertiary alicyclic amines) is 1. The highest BCUT2D eigenvalue weighted by Gasteiger charge is 2.32. The third kappa shape index (κ3) is 5.69. The molecule has 1 unspecified atom stereocenters. The van der Waals surface area contributed by atoms with E-state index >= 15 is 0 Å². The van der Waals surface area contributed by atoms with Crippen LogP contribution in [-0.2, 0) is 17.8 Å². The van der Waals surface area contributed by atoms with Crippen LogP contribution in [0.4, 0.5) is 4.39 Å². The Labute approximate surface area is 221 Å². The molecule has 0 spiro atoms. The quantitative estimate of drug-likeness (QED) is 0.405. The summed E-state index contributed by atoms with van der Waals surface area (Å²) in [6.07, 6.45) is 3.31. The Morgan fingerprint density at radius 1 is 1.11 bits per heavy atom. The lowest BCUT2D eigenvalue weighted by Gasteiger charge is -2.38. The predicted octanol–water partition coefficient (Wildman–Crippen LogP) is 5.62. The summed E-state index contributed by atoms with van der Waals surface area (Å²) < 4.78 is 19.8. The lowest BCUT2D eigenvalue weighted by molar-refractivity contribution is -0.134. The zero-order chi connectivity index (χ0) is 25.9. The van der Waals surface area contributed by atoms with Crippen LogP contribution in [0.1, 0.15) is 71.3 Å². The van der Waals surface area contributed by atoms with Crippen LogP contribution in [0.25, 0.3) is 0 Å². The van der Waals surface area contributed by atoms with E-state index in [-0.39, 0.29) is 36.2 Å². The van der Waals surface area contributed by atoms with Crippen LogP contribution >= 0.6 is 11.3 Å². The van der Waals surface area contributed by atoms with Crippen LogP contribution in [-0.4, -0.2) is 46.2 Å². The molecule has 8 heteroatoms. The molecule has 2 aliphatic rings. The molecule has 3 aromatic rings. The molecule has 194 valence electrons. The Bertz CT molecular complexity index is 1270. The molecule has 6 nitrogen and oxygen atoms in total. The van der Waals surface area contributed by atoms with Crippen LogP contribution in [0, 0.1) is 11.7 Å². The van der Waals surface area contributed by atoms with Gasteiger partial charge in [-0.1, -0.05) is 32.0 Å². The molecule has 0 radical (unpaired) electrons. The first-order valence-corrected chi connectivity index (χ1v) is 13.8. The second-order valence-electron chi connectivity index (χ2n) is 10.2. The minimum absolute atomic E-state index is 0.0120. The molecule has 1 fully saturated rings. The van der Waals surface area contributed by atoms with Crippen LogP contribution in [0.2, 0.25) is 0 Å². The van der Waals surface area contributed by atoms with E-state index in [1.165, 1.54) is 23.5 Å². The summed E-state index contributed by atoms with van der Waals surface area (Å²) in [7, 11) is 0. The maximum Gasteiger partial charge on any atom is 0.273 e. The van der Waals surface area contributed by atoms with Crippen molar-refractivity contribution in [2.45, 2.75) is 52.2 Å². The fraction of sp³-hybridized carbons (Fsp3) is 0.414. The zero-order valence-corrected chi connectivity index (χ0v) is 22.1. The molecule has 0 saturated carbocycles. The van der Waals surface area contributed by atoms with Crippen molar-refractivity contribution in [2.75, 3.05) is 19.6 Å². The van der Waals surface area contributed by atoms with Gasteiger partial charge in [0.05, 0.1) is 6.04 Å². The lowest BCUT2D eigenvalue weighted by Crippen LogP contribution is -2.41. The summed E-state index contributed by atoms with van der Waals surface area (Å²) in [5.74, 6) is 0.703. The van der Waals surface area contributed by atoms with Crippen LogP contribution in [0.15, 0.2) is 47.8 Å². The molecule has 1 atom stereocenters. The number of hydrogen-bond acceptors (Lipinski definition) is 5. The molecular formula is C29H32FN3O3S. The average Bonchev–Trinajstić information content (AvgIpc) is 3.59. The average molecular weight is 522 g/mol. The topological polar surface area (TPSA) is 62.7 Å². The van der Waals surface area contributed by atoms with Crippen molar-refractivity contribution in [3.63, 3.8) is 0 Å². The van der Waals surface area contributed by atoms with Gasteiger partial charge in [-0.25, -0.2) is 9.37 Å². The van der Waals surface area contributed by atoms with Crippen molar-refractivity contribution in [3.8, 4) is 5.75 Å². The van der Waals surface area contributed by atoms with Gasteiger partial charge in [0.2, 0.25) is 5.91 Å². The van der Waals surface area contributed by atoms with Crippen molar-refractivity contribution < 1.29 is 18.7 Å². The van der Waals surface area contributed by atoms with Gasteiger partial charge >= 0.3 is 0 Å². The molecule has 37 heavy (non-hydrogen) atoms. The van der Waals surface area contributed by atoms with Gasteiger partial charge in [0.15, 0.2) is 0 Å². The van der Waals surface area contributed by atoms with Crippen molar-refractivity contribution in [3.05, 3.63) is 81.1 Å². The summed E-state index contributed by atoms with van der Waals surface area (Å²) in [5.41, 5.74) is 3.51. The summed E-state index contributed by atoms with van der Waals surface area (Å²) in [5, 5.41) is 2.54. The molecule has 2 aliphatic heterocycles. The highest BCUT2D eigenvalue weighted by molar-refractivity contribution is 7.09. The first kappa shape index (κ1) is 25.4. The normalized spacial score (nSPS) is 17.2. The second kappa shape index (κ2) is 11.0. The SMILES string of the molecule is CC(C)CC(=O)N1CCc2ccc(OCc3nc(C(=O)N4CCCC4)cs3)cc2C1c1ccc(F)cc1. The summed E-state index contributed by atoms with van der Waals surface area (Å²) in [6, 6.07) is 12.1. The summed E-state index contributed by atoms with van der Waals surface area (Å²) >= 11 is 1.42. The van der Waals surface area contributed by atoms with Gasteiger partial charge in [-0.15, -0.1) is 11.3 Å². The molecule has 2 aromatic carbocycles. The predicted molar refractivity (Wildman–Crippen MR) is 141 cm³/mol. The Hall–Kier alpha value is -3.26. The van der Waals surface area contributed by atoms with E-state index in [1.54, 1.807) is 17.5 Å². The lowest BCUT2D eigenvalue weighted by atomic mass is 9.87. The number of ether oxygens (including phenoxy) is 1. The maximum absolute atomic E-state index is 13.7. The van der Waals surface area contributed by atoms with Crippen LogP contribution in [0.3, 0.4) is 0 Å². The first-order valence-electron chi connectivity index (χ1n) is 12.9.